The Bertz CT molecular complexity index is 225. The fraction of sp³-hybridized carbons (Fsp3) is 0.818. The molecule has 2 amide bonds. The molecule has 0 aromatic rings. The maximum absolute atomic E-state index is 11.8. The van der Waals surface area contributed by atoms with Crippen LogP contribution in [0.15, 0.2) is 0 Å². The van der Waals surface area contributed by atoms with Crippen LogP contribution >= 0.6 is 0 Å². The zero-order valence-corrected chi connectivity index (χ0v) is 10.4. The van der Waals surface area contributed by atoms with E-state index in [1.165, 1.54) is 11.9 Å². The predicted octanol–water partition coefficient (Wildman–Crippen LogP) is 0.0857. The normalized spacial score (nSPS) is 10.0. The lowest BCUT2D eigenvalue weighted by Crippen LogP contribution is -2.45. The van der Waals surface area contributed by atoms with Crippen LogP contribution in [0.3, 0.4) is 0 Å². The highest BCUT2D eigenvalue weighted by Crippen LogP contribution is 1.98. The van der Waals surface area contributed by atoms with E-state index in [1.807, 2.05) is 13.8 Å². The van der Waals surface area contributed by atoms with Gasteiger partial charge in [0.25, 0.3) is 0 Å². The van der Waals surface area contributed by atoms with Gasteiger partial charge in [-0.15, -0.1) is 0 Å². The van der Waals surface area contributed by atoms with E-state index in [4.69, 9.17) is 5.11 Å². The average Bonchev–Trinajstić information content (AvgIpc) is 2.27. The summed E-state index contributed by atoms with van der Waals surface area (Å²) >= 11 is 0. The van der Waals surface area contributed by atoms with Gasteiger partial charge in [-0.25, -0.2) is 0 Å². The summed E-state index contributed by atoms with van der Waals surface area (Å²) in [6.45, 7) is 5.21. The first-order valence-corrected chi connectivity index (χ1v) is 5.73. The van der Waals surface area contributed by atoms with Crippen LogP contribution in [-0.2, 0) is 9.59 Å². The fourth-order valence-electron chi connectivity index (χ4n) is 1.40. The van der Waals surface area contributed by atoms with Crippen LogP contribution < -0.4 is 0 Å². The van der Waals surface area contributed by atoms with E-state index in [0.717, 1.165) is 12.8 Å². The van der Waals surface area contributed by atoms with E-state index >= 15 is 0 Å². The van der Waals surface area contributed by atoms with Gasteiger partial charge in [-0.2, -0.15) is 0 Å². The van der Waals surface area contributed by atoms with E-state index in [0.29, 0.717) is 13.1 Å². The van der Waals surface area contributed by atoms with Crippen molar-refractivity contribution in [2.45, 2.75) is 26.7 Å². The first kappa shape index (κ1) is 14.9. The topological polar surface area (TPSA) is 60.9 Å². The molecule has 5 nitrogen and oxygen atoms in total. The smallest absolute Gasteiger partial charge is 0.312 e. The number of nitrogens with zero attached hydrogens (tertiary/aromatic N) is 2. The number of aliphatic hydroxyl groups excluding tert-OH is 1. The van der Waals surface area contributed by atoms with Gasteiger partial charge in [0.1, 0.15) is 0 Å². The zero-order chi connectivity index (χ0) is 12.6. The van der Waals surface area contributed by atoms with Crippen LogP contribution in [0.25, 0.3) is 0 Å². The van der Waals surface area contributed by atoms with Crippen molar-refractivity contribution in [1.29, 1.82) is 0 Å². The SMILES string of the molecule is CCCN(CCC)C(=O)C(=O)N(C)CCO. The van der Waals surface area contributed by atoms with Crippen molar-refractivity contribution in [1.82, 2.24) is 9.80 Å². The Morgan fingerprint density at radius 2 is 1.50 bits per heavy atom. The van der Waals surface area contributed by atoms with Gasteiger partial charge in [0, 0.05) is 26.7 Å². The summed E-state index contributed by atoms with van der Waals surface area (Å²) in [5.74, 6) is -1.02. The highest BCUT2D eigenvalue weighted by molar-refractivity contribution is 6.34. The Labute approximate surface area is 97.0 Å². The van der Waals surface area contributed by atoms with Crippen LogP contribution in [0, 0.1) is 0 Å². The number of likely N-dealkylation sites (N-methyl/N-ethyl adjacent to an activating group) is 1. The lowest BCUT2D eigenvalue weighted by Gasteiger charge is -2.23. The van der Waals surface area contributed by atoms with E-state index in [2.05, 4.69) is 0 Å². The van der Waals surface area contributed by atoms with Gasteiger partial charge in [-0.1, -0.05) is 13.8 Å². The van der Waals surface area contributed by atoms with Crippen molar-refractivity contribution < 1.29 is 14.7 Å². The number of carbonyl (C=O) groups excluding carboxylic acids is 2. The van der Waals surface area contributed by atoms with Gasteiger partial charge < -0.3 is 14.9 Å². The quantitative estimate of drug-likeness (QED) is 0.658. The lowest BCUT2D eigenvalue weighted by atomic mass is 10.3. The van der Waals surface area contributed by atoms with Gasteiger partial charge >= 0.3 is 11.8 Å². The highest BCUT2D eigenvalue weighted by Gasteiger charge is 2.23. The minimum atomic E-state index is -0.545. The molecule has 0 aliphatic heterocycles. The van der Waals surface area contributed by atoms with Gasteiger partial charge in [0.05, 0.1) is 6.61 Å². The Hall–Kier alpha value is -1.10. The number of hydrogen-bond acceptors (Lipinski definition) is 3. The summed E-state index contributed by atoms with van der Waals surface area (Å²) in [7, 11) is 1.52. The van der Waals surface area contributed by atoms with Crippen LogP contribution in [0.1, 0.15) is 26.7 Å². The van der Waals surface area contributed by atoms with Gasteiger partial charge in [-0.3, -0.25) is 9.59 Å². The molecule has 5 heteroatoms. The van der Waals surface area contributed by atoms with Crippen LogP contribution in [0.5, 0.6) is 0 Å². The van der Waals surface area contributed by atoms with Gasteiger partial charge in [-0.05, 0) is 12.8 Å². The molecule has 0 unspecified atom stereocenters. The molecular formula is C11H22N2O3. The van der Waals surface area contributed by atoms with Crippen molar-refractivity contribution in [3.63, 3.8) is 0 Å². The van der Waals surface area contributed by atoms with Crippen LogP contribution in [0.4, 0.5) is 0 Å². The third-order valence-corrected chi connectivity index (χ3v) is 2.24. The molecule has 0 aliphatic carbocycles. The zero-order valence-electron chi connectivity index (χ0n) is 10.4. The molecule has 1 N–H and O–H groups in total. The van der Waals surface area contributed by atoms with Gasteiger partial charge in [0.15, 0.2) is 0 Å². The third kappa shape index (κ3) is 4.61. The summed E-state index contributed by atoms with van der Waals surface area (Å²) in [6, 6.07) is 0. The Morgan fingerprint density at radius 1 is 1.00 bits per heavy atom. The summed E-state index contributed by atoms with van der Waals surface area (Å²) < 4.78 is 0. The molecule has 0 aromatic carbocycles. The molecule has 0 rings (SSSR count). The minimum Gasteiger partial charge on any atom is -0.395 e. The summed E-state index contributed by atoms with van der Waals surface area (Å²) in [4.78, 5) is 26.3. The Balaban J connectivity index is 4.41. The maximum atomic E-state index is 11.8. The molecule has 0 bridgehead atoms. The number of aliphatic hydroxyl groups is 1. The number of rotatable bonds is 6. The molecule has 0 spiro atoms. The second-order valence-corrected chi connectivity index (χ2v) is 3.74. The molecular weight excluding hydrogens is 208 g/mol. The van der Waals surface area contributed by atoms with E-state index in [9.17, 15) is 9.59 Å². The molecule has 0 atom stereocenters. The second kappa shape index (κ2) is 8.10. The van der Waals surface area contributed by atoms with Crippen molar-refractivity contribution in [2.24, 2.45) is 0 Å². The molecule has 0 saturated carbocycles. The highest BCUT2D eigenvalue weighted by atomic mass is 16.3. The van der Waals surface area contributed by atoms with Gasteiger partial charge in [0.2, 0.25) is 0 Å². The average molecular weight is 230 g/mol. The first-order valence-electron chi connectivity index (χ1n) is 5.73. The first-order chi connectivity index (χ1) is 7.58. The number of hydrogen-bond donors (Lipinski definition) is 1. The van der Waals surface area contributed by atoms with Crippen LogP contribution in [-0.4, -0.2) is 60.0 Å². The van der Waals surface area contributed by atoms with Crippen molar-refractivity contribution in [2.75, 3.05) is 33.3 Å². The standard InChI is InChI=1S/C11H22N2O3/c1-4-6-13(7-5-2)11(16)10(15)12(3)8-9-14/h14H,4-9H2,1-3H3. The summed E-state index contributed by atoms with van der Waals surface area (Å²) in [6.07, 6.45) is 1.67. The molecule has 16 heavy (non-hydrogen) atoms. The molecule has 0 aliphatic rings. The summed E-state index contributed by atoms with van der Waals surface area (Å²) in [5.41, 5.74) is 0. The van der Waals surface area contributed by atoms with Crippen molar-refractivity contribution in [3.05, 3.63) is 0 Å². The number of carbonyl (C=O) groups is 2. The van der Waals surface area contributed by atoms with Crippen LogP contribution in [0.2, 0.25) is 0 Å². The predicted molar refractivity (Wildman–Crippen MR) is 61.9 cm³/mol. The van der Waals surface area contributed by atoms with Crippen molar-refractivity contribution >= 4 is 11.8 Å². The number of amides is 2. The Kier molecular flexibility index (Phi) is 7.54. The van der Waals surface area contributed by atoms with E-state index in [-0.39, 0.29) is 13.2 Å². The molecule has 0 heterocycles. The molecule has 0 fully saturated rings. The van der Waals surface area contributed by atoms with E-state index in [1.54, 1.807) is 4.90 Å². The Morgan fingerprint density at radius 3 is 1.88 bits per heavy atom. The second-order valence-electron chi connectivity index (χ2n) is 3.74. The molecule has 0 radical (unpaired) electrons. The lowest BCUT2D eigenvalue weighted by molar-refractivity contribution is -0.151. The fourth-order valence-corrected chi connectivity index (χ4v) is 1.40. The monoisotopic (exact) mass is 230 g/mol. The minimum absolute atomic E-state index is 0.128. The third-order valence-electron chi connectivity index (χ3n) is 2.24. The summed E-state index contributed by atoms with van der Waals surface area (Å²) in [5, 5.41) is 8.69. The van der Waals surface area contributed by atoms with E-state index < -0.39 is 11.8 Å². The van der Waals surface area contributed by atoms with Crippen molar-refractivity contribution in [3.8, 4) is 0 Å². The maximum Gasteiger partial charge on any atom is 0.312 e. The molecule has 0 saturated heterocycles. The largest absolute Gasteiger partial charge is 0.395 e. The molecule has 0 aromatic heterocycles. The molecule has 94 valence electrons.